The quantitative estimate of drug-likeness (QED) is 0.705. The summed E-state index contributed by atoms with van der Waals surface area (Å²) in [6, 6.07) is 11.1. The van der Waals surface area contributed by atoms with E-state index in [1.165, 1.54) is 4.68 Å². The van der Waals surface area contributed by atoms with Gasteiger partial charge in [-0.15, -0.1) is 11.3 Å². The molecule has 3 aromatic rings. The van der Waals surface area contributed by atoms with Crippen LogP contribution in [-0.4, -0.2) is 27.6 Å². The van der Waals surface area contributed by atoms with E-state index in [2.05, 4.69) is 5.10 Å². The van der Waals surface area contributed by atoms with Gasteiger partial charge in [0.25, 0.3) is 11.5 Å². The number of thiophene rings is 1. The van der Waals surface area contributed by atoms with Crippen molar-refractivity contribution in [1.29, 1.82) is 0 Å². The molecule has 1 aromatic carbocycles. The van der Waals surface area contributed by atoms with Crippen molar-refractivity contribution in [3.8, 4) is 0 Å². The fraction of sp³-hybridized carbons (Fsp3) is 0.316. The van der Waals surface area contributed by atoms with E-state index >= 15 is 0 Å². The van der Waals surface area contributed by atoms with Crippen LogP contribution < -0.4 is 5.56 Å². The first-order valence-corrected chi connectivity index (χ1v) is 9.13. The lowest BCUT2D eigenvalue weighted by atomic mass is 10.1. The molecule has 25 heavy (non-hydrogen) atoms. The van der Waals surface area contributed by atoms with Crippen molar-refractivity contribution < 1.29 is 4.79 Å². The number of carbonyl (C=O) groups excluding carboxylic acids is 1. The Labute approximate surface area is 150 Å². The summed E-state index contributed by atoms with van der Waals surface area (Å²) >= 11 is 1.61. The predicted octanol–water partition coefficient (Wildman–Crippen LogP) is 3.39. The van der Waals surface area contributed by atoms with Crippen LogP contribution in [0.2, 0.25) is 0 Å². The first kappa shape index (κ1) is 17.4. The Bertz CT molecular complexity index is 945. The fourth-order valence-electron chi connectivity index (χ4n) is 2.75. The van der Waals surface area contributed by atoms with Crippen LogP contribution in [0.15, 0.2) is 46.6 Å². The van der Waals surface area contributed by atoms with E-state index in [4.69, 9.17) is 0 Å². The molecule has 0 saturated heterocycles. The second kappa shape index (κ2) is 7.19. The number of benzene rings is 1. The largest absolute Gasteiger partial charge is 0.335 e. The number of hydrogen-bond acceptors (Lipinski definition) is 4. The van der Waals surface area contributed by atoms with Gasteiger partial charge in [-0.25, -0.2) is 4.68 Å². The van der Waals surface area contributed by atoms with Crippen molar-refractivity contribution in [3.05, 3.63) is 62.7 Å². The van der Waals surface area contributed by atoms with E-state index in [0.29, 0.717) is 29.6 Å². The number of fused-ring (bicyclic) bond motifs is 1. The molecule has 130 valence electrons. The van der Waals surface area contributed by atoms with Crippen molar-refractivity contribution >= 4 is 28.0 Å². The lowest BCUT2D eigenvalue weighted by molar-refractivity contribution is 0.0780. The maximum atomic E-state index is 13.0. The standard InChI is InChI=1S/C19H21N3O2S/c1-13(2)11-22-18(23)16-9-5-4-8-15(16)17(20-22)19(24)21(3)12-14-7-6-10-25-14/h4-10,13H,11-12H2,1-3H3. The van der Waals surface area contributed by atoms with Crippen molar-refractivity contribution in [2.24, 2.45) is 5.92 Å². The molecule has 0 aliphatic rings. The van der Waals surface area contributed by atoms with Gasteiger partial charge in [0, 0.05) is 23.9 Å². The highest BCUT2D eigenvalue weighted by molar-refractivity contribution is 7.09. The van der Waals surface area contributed by atoms with Crippen molar-refractivity contribution in [2.45, 2.75) is 26.9 Å². The molecular formula is C19H21N3O2S. The van der Waals surface area contributed by atoms with Gasteiger partial charge < -0.3 is 4.90 Å². The second-order valence-electron chi connectivity index (χ2n) is 6.52. The number of aromatic nitrogens is 2. The highest BCUT2D eigenvalue weighted by atomic mass is 32.1. The normalized spacial score (nSPS) is 11.2. The molecule has 0 spiro atoms. The Morgan fingerprint density at radius 3 is 2.56 bits per heavy atom. The van der Waals surface area contributed by atoms with Crippen LogP contribution in [-0.2, 0) is 13.1 Å². The third-order valence-corrected chi connectivity index (χ3v) is 4.79. The number of amides is 1. The minimum Gasteiger partial charge on any atom is -0.335 e. The molecule has 0 fully saturated rings. The van der Waals surface area contributed by atoms with Crippen LogP contribution in [0.1, 0.15) is 29.2 Å². The van der Waals surface area contributed by atoms with Gasteiger partial charge in [0.2, 0.25) is 0 Å². The van der Waals surface area contributed by atoms with Gasteiger partial charge in [0.15, 0.2) is 5.69 Å². The molecule has 0 saturated carbocycles. The summed E-state index contributed by atoms with van der Waals surface area (Å²) in [5, 5.41) is 7.54. The Kier molecular flexibility index (Phi) is 4.99. The van der Waals surface area contributed by atoms with Gasteiger partial charge in [-0.3, -0.25) is 9.59 Å². The number of rotatable bonds is 5. The van der Waals surface area contributed by atoms with Crippen molar-refractivity contribution in [3.63, 3.8) is 0 Å². The fourth-order valence-corrected chi connectivity index (χ4v) is 3.51. The summed E-state index contributed by atoms with van der Waals surface area (Å²) < 4.78 is 1.42. The monoisotopic (exact) mass is 355 g/mol. The highest BCUT2D eigenvalue weighted by Gasteiger charge is 2.20. The zero-order valence-corrected chi connectivity index (χ0v) is 15.4. The minimum absolute atomic E-state index is 0.151. The third-order valence-electron chi connectivity index (χ3n) is 3.93. The van der Waals surface area contributed by atoms with Gasteiger partial charge in [0.1, 0.15) is 0 Å². The molecule has 2 heterocycles. The Hall–Kier alpha value is -2.47. The summed E-state index contributed by atoms with van der Waals surface area (Å²) in [6.07, 6.45) is 0. The second-order valence-corrected chi connectivity index (χ2v) is 7.55. The van der Waals surface area contributed by atoms with Crippen LogP contribution >= 0.6 is 11.3 Å². The van der Waals surface area contributed by atoms with Crippen molar-refractivity contribution in [1.82, 2.24) is 14.7 Å². The first-order valence-electron chi connectivity index (χ1n) is 8.25. The number of nitrogens with zero attached hydrogens (tertiary/aromatic N) is 3. The van der Waals surface area contributed by atoms with Crippen LogP contribution in [0.25, 0.3) is 10.8 Å². The zero-order valence-electron chi connectivity index (χ0n) is 14.6. The van der Waals surface area contributed by atoms with E-state index in [1.807, 2.05) is 43.5 Å². The lowest BCUT2D eigenvalue weighted by Crippen LogP contribution is -2.32. The van der Waals surface area contributed by atoms with Crippen LogP contribution in [0.5, 0.6) is 0 Å². The summed E-state index contributed by atoms with van der Waals surface area (Å²) in [7, 11) is 1.76. The molecule has 1 amide bonds. The van der Waals surface area contributed by atoms with Gasteiger partial charge in [-0.1, -0.05) is 38.1 Å². The SMILES string of the molecule is CC(C)Cn1nc(C(=O)N(C)Cc2cccs2)c2ccccc2c1=O. The van der Waals surface area contributed by atoms with Crippen LogP contribution in [0.4, 0.5) is 0 Å². The van der Waals surface area contributed by atoms with E-state index in [0.717, 1.165) is 4.88 Å². The highest BCUT2D eigenvalue weighted by Crippen LogP contribution is 2.17. The van der Waals surface area contributed by atoms with Crippen LogP contribution in [0.3, 0.4) is 0 Å². The number of hydrogen-bond donors (Lipinski definition) is 0. The maximum Gasteiger partial charge on any atom is 0.275 e. The Balaban J connectivity index is 2.06. The molecule has 0 atom stereocenters. The average Bonchev–Trinajstić information content (AvgIpc) is 3.09. The molecule has 3 rings (SSSR count). The topological polar surface area (TPSA) is 55.2 Å². The van der Waals surface area contributed by atoms with E-state index in [1.54, 1.807) is 35.4 Å². The smallest absolute Gasteiger partial charge is 0.275 e. The molecule has 5 nitrogen and oxygen atoms in total. The number of carbonyl (C=O) groups is 1. The van der Waals surface area contributed by atoms with Crippen molar-refractivity contribution in [2.75, 3.05) is 7.05 Å². The van der Waals surface area contributed by atoms with Gasteiger partial charge in [0.05, 0.1) is 11.9 Å². The molecule has 0 N–H and O–H groups in total. The molecule has 0 aliphatic heterocycles. The predicted molar refractivity (Wildman–Crippen MR) is 101 cm³/mol. The molecular weight excluding hydrogens is 334 g/mol. The zero-order chi connectivity index (χ0) is 18.0. The summed E-state index contributed by atoms with van der Waals surface area (Å²) in [5.74, 6) is 0.0836. The molecule has 0 unspecified atom stereocenters. The first-order chi connectivity index (χ1) is 12.0. The minimum atomic E-state index is -0.179. The van der Waals surface area contributed by atoms with Gasteiger partial charge in [-0.2, -0.15) is 5.10 Å². The van der Waals surface area contributed by atoms with E-state index < -0.39 is 0 Å². The third kappa shape index (κ3) is 3.64. The summed E-state index contributed by atoms with van der Waals surface area (Å²) in [6.45, 7) is 5.05. The molecule has 0 aliphatic carbocycles. The lowest BCUT2D eigenvalue weighted by Gasteiger charge is -2.18. The maximum absolute atomic E-state index is 13.0. The van der Waals surface area contributed by atoms with Gasteiger partial charge in [-0.05, 0) is 23.4 Å². The van der Waals surface area contributed by atoms with Crippen LogP contribution in [0, 0.1) is 5.92 Å². The molecule has 2 aromatic heterocycles. The Morgan fingerprint density at radius 2 is 1.92 bits per heavy atom. The molecule has 6 heteroatoms. The summed E-state index contributed by atoms with van der Waals surface area (Å²) in [4.78, 5) is 28.4. The summed E-state index contributed by atoms with van der Waals surface area (Å²) in [5.41, 5.74) is 0.177. The van der Waals surface area contributed by atoms with E-state index in [9.17, 15) is 9.59 Å². The van der Waals surface area contributed by atoms with E-state index in [-0.39, 0.29) is 17.4 Å². The average molecular weight is 355 g/mol. The molecule has 0 radical (unpaired) electrons. The Morgan fingerprint density at radius 1 is 1.20 bits per heavy atom. The van der Waals surface area contributed by atoms with Gasteiger partial charge >= 0.3 is 0 Å². The molecule has 0 bridgehead atoms.